The summed E-state index contributed by atoms with van der Waals surface area (Å²) in [6.07, 6.45) is 0.904. The number of carboxylic acid groups (broad SMARTS) is 1. The van der Waals surface area contributed by atoms with E-state index in [0.29, 0.717) is 11.2 Å². The van der Waals surface area contributed by atoms with Crippen LogP contribution >= 0.6 is 0 Å². The summed E-state index contributed by atoms with van der Waals surface area (Å²) in [6, 6.07) is -1.63. The number of anilines is 1. The number of aromatic nitrogens is 4. The summed E-state index contributed by atoms with van der Waals surface area (Å²) < 4.78 is 7.10. The highest BCUT2D eigenvalue weighted by Crippen LogP contribution is 2.34. The van der Waals surface area contributed by atoms with Gasteiger partial charge in [0.25, 0.3) is 0 Å². The van der Waals surface area contributed by atoms with E-state index < -0.39 is 36.5 Å². The van der Waals surface area contributed by atoms with E-state index in [1.165, 1.54) is 23.3 Å². The number of fused-ring (bicyclic) bond motifs is 1. The Bertz CT molecular complexity index is 869. The number of aliphatic hydroxyl groups is 2. The Balaban J connectivity index is 1.77. The van der Waals surface area contributed by atoms with Gasteiger partial charge in [0.2, 0.25) is 6.23 Å². The maximum absolute atomic E-state index is 10.7. The summed E-state index contributed by atoms with van der Waals surface area (Å²) in [5.41, 5.74) is 17.8. The van der Waals surface area contributed by atoms with Gasteiger partial charge in [-0.1, -0.05) is 0 Å². The Labute approximate surface area is 153 Å². The highest BCUT2D eigenvalue weighted by Gasteiger charge is 2.41. The van der Waals surface area contributed by atoms with Crippen LogP contribution in [-0.4, -0.2) is 65.1 Å². The molecule has 0 amide bonds. The first-order chi connectivity index (χ1) is 12.8. The minimum absolute atomic E-state index is 0.0766. The number of rotatable bonds is 6. The molecule has 146 valence electrons. The van der Waals surface area contributed by atoms with Gasteiger partial charge >= 0.3 is 5.97 Å². The molecule has 2 aromatic heterocycles. The van der Waals surface area contributed by atoms with E-state index in [4.69, 9.17) is 27.0 Å². The van der Waals surface area contributed by atoms with Gasteiger partial charge in [0.15, 0.2) is 11.5 Å². The van der Waals surface area contributed by atoms with Crippen molar-refractivity contribution in [1.29, 1.82) is 0 Å². The number of carboxylic acids is 1. The predicted octanol–water partition coefficient (Wildman–Crippen LogP) is -1.94. The number of nitrogens with two attached hydrogens (primary N) is 3. The quantitative estimate of drug-likeness (QED) is 0.325. The molecule has 27 heavy (non-hydrogen) atoms. The molecular formula is C15H21N7O5. The number of imidazole rings is 1. The topological polar surface area (TPSA) is 209 Å². The molecule has 0 saturated carbocycles. The van der Waals surface area contributed by atoms with Gasteiger partial charge < -0.3 is 37.3 Å². The molecule has 1 saturated heterocycles. The van der Waals surface area contributed by atoms with Gasteiger partial charge in [-0.05, 0) is 18.9 Å². The number of aliphatic carboxylic acids is 1. The van der Waals surface area contributed by atoms with Crippen LogP contribution in [0.2, 0.25) is 0 Å². The van der Waals surface area contributed by atoms with Gasteiger partial charge in [0.05, 0.1) is 0 Å². The van der Waals surface area contributed by atoms with Crippen LogP contribution < -0.4 is 17.2 Å². The second kappa shape index (κ2) is 7.44. The lowest BCUT2D eigenvalue weighted by Gasteiger charge is -2.16. The Morgan fingerprint density at radius 1 is 1.30 bits per heavy atom. The maximum Gasteiger partial charge on any atom is 0.320 e. The van der Waals surface area contributed by atoms with Gasteiger partial charge in [-0.3, -0.25) is 9.36 Å². The average molecular weight is 379 g/mol. The molecule has 2 aromatic rings. The summed E-state index contributed by atoms with van der Waals surface area (Å²) in [5, 5.41) is 29.4. The van der Waals surface area contributed by atoms with Crippen molar-refractivity contribution in [2.75, 3.05) is 5.73 Å². The van der Waals surface area contributed by atoms with Crippen LogP contribution in [0.15, 0.2) is 24.5 Å². The molecule has 0 bridgehead atoms. The molecule has 0 radical (unpaired) electrons. The van der Waals surface area contributed by atoms with Crippen molar-refractivity contribution in [3.63, 3.8) is 0 Å². The lowest BCUT2D eigenvalue weighted by Crippen LogP contribution is -2.32. The molecule has 1 fully saturated rings. The summed E-state index contributed by atoms with van der Waals surface area (Å²) in [6.45, 7) is 0. The fourth-order valence-corrected chi connectivity index (χ4v) is 2.81. The van der Waals surface area contributed by atoms with Crippen LogP contribution in [-0.2, 0) is 9.53 Å². The van der Waals surface area contributed by atoms with E-state index in [9.17, 15) is 15.0 Å². The van der Waals surface area contributed by atoms with E-state index >= 15 is 0 Å². The van der Waals surface area contributed by atoms with Gasteiger partial charge in [0.1, 0.15) is 42.2 Å². The van der Waals surface area contributed by atoms with E-state index in [1.54, 1.807) is 0 Å². The summed E-state index contributed by atoms with van der Waals surface area (Å²) in [7, 11) is 0. The van der Waals surface area contributed by atoms with Crippen LogP contribution in [0, 0.1) is 0 Å². The molecule has 5 atom stereocenters. The second-order valence-corrected chi connectivity index (χ2v) is 6.28. The SMILES string of the molecule is Nc1ncnc2c1ncn2[C@@H]1OC(=C[C@@H](N)CC[C@@H](N)C(=O)O)[C@H](O)[C@@H]1O. The van der Waals surface area contributed by atoms with Crippen LogP contribution in [0.3, 0.4) is 0 Å². The molecular weight excluding hydrogens is 358 g/mol. The molecule has 0 spiro atoms. The first-order valence-electron chi connectivity index (χ1n) is 8.21. The predicted molar refractivity (Wildman–Crippen MR) is 92.8 cm³/mol. The van der Waals surface area contributed by atoms with Crippen molar-refractivity contribution in [1.82, 2.24) is 19.5 Å². The molecule has 3 rings (SSSR count). The van der Waals surface area contributed by atoms with Gasteiger partial charge in [-0.2, -0.15) is 0 Å². The van der Waals surface area contributed by atoms with Crippen molar-refractivity contribution >= 4 is 23.0 Å². The van der Waals surface area contributed by atoms with Crippen molar-refractivity contribution in [2.24, 2.45) is 11.5 Å². The second-order valence-electron chi connectivity index (χ2n) is 6.28. The standard InChI is InChI=1S/C15H21N7O5/c16-6(1-2-7(17)15(25)26)3-8-10(23)11(24)14(27-8)22-5-21-9-12(18)19-4-20-13(9)22/h3-7,10-11,14,23-24H,1-2,16-17H2,(H,25,26)(H2,18,19,20)/t6-,7+,10-,11-,14+/m0/s1. The third-order valence-electron chi connectivity index (χ3n) is 4.33. The minimum Gasteiger partial charge on any atom is -0.480 e. The number of hydrogen-bond donors (Lipinski definition) is 6. The molecule has 9 N–H and O–H groups in total. The van der Waals surface area contributed by atoms with E-state index in [1.807, 2.05) is 0 Å². The zero-order valence-corrected chi connectivity index (χ0v) is 14.2. The van der Waals surface area contributed by atoms with E-state index in [2.05, 4.69) is 15.0 Å². The number of aliphatic hydroxyl groups excluding tert-OH is 2. The van der Waals surface area contributed by atoms with Crippen molar-refractivity contribution < 1.29 is 24.9 Å². The van der Waals surface area contributed by atoms with Crippen molar-refractivity contribution in [3.8, 4) is 0 Å². The fourth-order valence-electron chi connectivity index (χ4n) is 2.81. The van der Waals surface area contributed by atoms with E-state index in [0.717, 1.165) is 0 Å². The zero-order chi connectivity index (χ0) is 19.7. The molecule has 0 aromatic carbocycles. The highest BCUT2D eigenvalue weighted by molar-refractivity contribution is 5.81. The Kier molecular flexibility index (Phi) is 5.23. The molecule has 1 aliphatic heterocycles. The zero-order valence-electron chi connectivity index (χ0n) is 14.2. The first-order valence-corrected chi connectivity index (χ1v) is 8.21. The number of nitrogens with zero attached hydrogens (tertiary/aromatic N) is 4. The minimum atomic E-state index is -1.31. The van der Waals surface area contributed by atoms with Crippen molar-refractivity contribution in [3.05, 3.63) is 24.5 Å². The van der Waals surface area contributed by atoms with Crippen LogP contribution in [0.4, 0.5) is 5.82 Å². The van der Waals surface area contributed by atoms with Gasteiger partial charge in [-0.25, -0.2) is 15.0 Å². The Hall–Kier alpha value is -2.80. The number of hydrogen-bond acceptors (Lipinski definition) is 10. The summed E-state index contributed by atoms with van der Waals surface area (Å²) in [5.74, 6) is -0.858. The summed E-state index contributed by atoms with van der Waals surface area (Å²) in [4.78, 5) is 22.8. The Morgan fingerprint density at radius 3 is 2.74 bits per heavy atom. The van der Waals surface area contributed by atoms with Crippen molar-refractivity contribution in [2.45, 2.75) is 43.4 Å². The number of nitrogen functional groups attached to an aromatic ring is 1. The normalized spacial score (nSPS) is 26.2. The lowest BCUT2D eigenvalue weighted by molar-refractivity contribution is -0.138. The number of ether oxygens (including phenoxy) is 1. The largest absolute Gasteiger partial charge is 0.480 e. The summed E-state index contributed by atoms with van der Waals surface area (Å²) >= 11 is 0. The molecule has 1 aliphatic rings. The van der Waals surface area contributed by atoms with Crippen LogP contribution in [0.5, 0.6) is 0 Å². The smallest absolute Gasteiger partial charge is 0.320 e. The lowest BCUT2D eigenvalue weighted by atomic mass is 10.1. The Morgan fingerprint density at radius 2 is 2.04 bits per heavy atom. The monoisotopic (exact) mass is 379 g/mol. The van der Waals surface area contributed by atoms with Crippen LogP contribution in [0.1, 0.15) is 19.1 Å². The van der Waals surface area contributed by atoms with Gasteiger partial charge in [0, 0.05) is 6.04 Å². The average Bonchev–Trinajstić information content (AvgIpc) is 3.17. The third-order valence-corrected chi connectivity index (χ3v) is 4.33. The molecule has 12 nitrogen and oxygen atoms in total. The highest BCUT2D eigenvalue weighted by atomic mass is 16.5. The fraction of sp³-hybridized carbons (Fsp3) is 0.467. The number of carbonyl (C=O) groups is 1. The molecule has 0 aliphatic carbocycles. The maximum atomic E-state index is 10.7. The molecule has 3 heterocycles. The third kappa shape index (κ3) is 3.68. The first kappa shape index (κ1) is 19.0. The molecule has 12 heteroatoms. The van der Waals surface area contributed by atoms with Crippen LogP contribution in [0.25, 0.3) is 11.2 Å². The van der Waals surface area contributed by atoms with Gasteiger partial charge in [-0.15, -0.1) is 0 Å². The molecule has 0 unspecified atom stereocenters. The van der Waals surface area contributed by atoms with E-state index in [-0.39, 0.29) is 24.4 Å².